The molecular formula is H9NO5Sn. The maximum atomic E-state index is 0. The molecule has 0 atom stereocenters. The quantitative estimate of drug-likeness (QED) is 0.519. The van der Waals surface area contributed by atoms with Gasteiger partial charge >= 0.3 is 23.9 Å². The van der Waals surface area contributed by atoms with E-state index in [1.807, 2.05) is 0 Å². The summed E-state index contributed by atoms with van der Waals surface area (Å²) in [5, 5.41) is 0. The van der Waals surface area contributed by atoms with Crippen LogP contribution in [0, 0.1) is 0 Å². The first-order valence-electron chi connectivity index (χ1n) is 0. The maximum absolute atomic E-state index is 0. The monoisotopic (exact) mass is 223 g/mol. The van der Waals surface area contributed by atoms with Crippen LogP contribution < -0.4 is 6.15 Å². The summed E-state index contributed by atoms with van der Waals surface area (Å²) in [5.41, 5.74) is 0. The fourth-order valence-electron chi connectivity index (χ4n) is 0. The van der Waals surface area contributed by atoms with E-state index in [0.29, 0.717) is 0 Å². The fourth-order valence-corrected chi connectivity index (χ4v) is 0. The zero-order valence-corrected chi connectivity index (χ0v) is 6.59. The third-order valence-electron chi connectivity index (χ3n) is 0. The van der Waals surface area contributed by atoms with Gasteiger partial charge in [-0.1, -0.05) is 0 Å². The molecule has 0 amide bonds. The Morgan fingerprint density at radius 1 is 0.429 bits per heavy atom. The average Bonchev–Trinajstić information content (AvgIpc) is 0. The predicted molar refractivity (Wildman–Crippen MR) is 21.4 cm³/mol. The van der Waals surface area contributed by atoms with E-state index in [-0.39, 0.29) is 57.4 Å². The van der Waals surface area contributed by atoms with Gasteiger partial charge in [0.15, 0.2) is 0 Å². The van der Waals surface area contributed by atoms with Gasteiger partial charge in [0.05, 0.1) is 0 Å². The van der Waals surface area contributed by atoms with Crippen LogP contribution >= 0.6 is 0 Å². The van der Waals surface area contributed by atoms with Gasteiger partial charge in [-0.15, -0.1) is 0 Å². The maximum Gasteiger partial charge on any atom is 4.00 e. The van der Waals surface area contributed by atoms with Crippen molar-refractivity contribution in [3.8, 4) is 0 Å². The zero-order valence-electron chi connectivity index (χ0n) is 3.74. The van der Waals surface area contributed by atoms with Crippen LogP contribution in [0.3, 0.4) is 0 Å². The molecule has 9 N–H and O–H groups in total. The van der Waals surface area contributed by atoms with Crippen LogP contribution in [0.1, 0.15) is 0 Å². The molecule has 0 saturated heterocycles. The van der Waals surface area contributed by atoms with Crippen molar-refractivity contribution in [3.63, 3.8) is 0 Å². The molecular weight excluding hydrogens is 213 g/mol. The average molecular weight is 222 g/mol. The van der Waals surface area contributed by atoms with Gasteiger partial charge in [0.25, 0.3) is 0 Å². The molecule has 0 aromatic rings. The molecule has 0 aliphatic rings. The molecule has 0 heterocycles. The van der Waals surface area contributed by atoms with Crippen molar-refractivity contribution in [3.05, 3.63) is 0 Å². The number of rotatable bonds is 0. The van der Waals surface area contributed by atoms with E-state index in [4.69, 9.17) is 0 Å². The predicted octanol–water partition coefficient (Wildman–Crippen LogP) is -0.889. The Bertz CT molecular complexity index is 8.04. The Morgan fingerprint density at radius 3 is 0.429 bits per heavy atom. The van der Waals surface area contributed by atoms with Crippen LogP contribution in [0.5, 0.6) is 0 Å². The van der Waals surface area contributed by atoms with Crippen molar-refractivity contribution >= 4 is 23.9 Å². The second kappa shape index (κ2) is 649. The Balaban J connectivity index is 0. The van der Waals surface area contributed by atoms with Gasteiger partial charge in [-0.05, 0) is 0 Å². The molecule has 48 valence electrons. The molecule has 0 spiro atoms. The minimum atomic E-state index is 0. The molecule has 0 rings (SSSR count). The Kier molecular flexibility index (Phi) is 96600. The summed E-state index contributed by atoms with van der Waals surface area (Å²) in [7, 11) is 0. The van der Waals surface area contributed by atoms with Gasteiger partial charge in [0.2, 0.25) is 0 Å². The third-order valence-corrected chi connectivity index (χ3v) is 0. The molecule has 7 heteroatoms. The van der Waals surface area contributed by atoms with Crippen molar-refractivity contribution in [1.29, 1.82) is 0 Å². The molecule has 6 nitrogen and oxygen atoms in total. The summed E-state index contributed by atoms with van der Waals surface area (Å²) in [6.45, 7) is 0. The van der Waals surface area contributed by atoms with Crippen LogP contribution in [0.25, 0.3) is 0 Å². The molecule has 0 bridgehead atoms. The van der Waals surface area contributed by atoms with E-state index >= 15 is 0 Å². The molecule has 0 radical (unpaired) electrons. The van der Waals surface area contributed by atoms with Crippen molar-refractivity contribution in [2.75, 3.05) is 0 Å². The number of quaternary nitrogens is 1. The molecule has 0 saturated carbocycles. The normalized spacial score (nSPS) is 0. The number of hydrogen-bond acceptors (Lipinski definition) is 5. The second-order valence-corrected chi connectivity index (χ2v) is 0. The van der Waals surface area contributed by atoms with E-state index in [9.17, 15) is 0 Å². The molecule has 0 aromatic carbocycles. The molecule has 7 heavy (non-hydrogen) atoms. The van der Waals surface area contributed by atoms with Crippen LogP contribution in [0.4, 0.5) is 0 Å². The van der Waals surface area contributed by atoms with Crippen LogP contribution in [0.2, 0.25) is 0 Å². The van der Waals surface area contributed by atoms with Crippen molar-refractivity contribution in [2.24, 2.45) is 0 Å². The first-order chi connectivity index (χ1) is 0. The molecule has 0 aromatic heterocycles. The van der Waals surface area contributed by atoms with E-state index < -0.39 is 0 Å². The number of hydrogen-bond donors (Lipinski definition) is 1. The topological polar surface area (TPSA) is 186 Å². The minimum absolute atomic E-state index is 0. The van der Waals surface area contributed by atoms with Crippen molar-refractivity contribution in [2.45, 2.75) is 0 Å². The fraction of sp³-hybridized carbons (Fsp3) is 0. The van der Waals surface area contributed by atoms with Gasteiger partial charge < -0.3 is 33.5 Å². The van der Waals surface area contributed by atoms with Crippen molar-refractivity contribution in [1.82, 2.24) is 6.15 Å². The smallest absolute Gasteiger partial charge is 0.870 e. The summed E-state index contributed by atoms with van der Waals surface area (Å²) in [6, 6.07) is 0. The Labute approximate surface area is 58.0 Å². The van der Waals surface area contributed by atoms with Crippen LogP contribution in [-0.2, 0) is 0 Å². The minimum Gasteiger partial charge on any atom is -0.870 e. The summed E-state index contributed by atoms with van der Waals surface area (Å²) in [5.74, 6) is 0. The largest absolute Gasteiger partial charge is 4.00 e. The van der Waals surface area contributed by atoms with Crippen LogP contribution in [-0.4, -0.2) is 51.3 Å². The second-order valence-electron chi connectivity index (χ2n) is 0. The Morgan fingerprint density at radius 2 is 0.429 bits per heavy atom. The first-order valence-corrected chi connectivity index (χ1v) is 0. The first kappa shape index (κ1) is 1040. The SMILES string of the molecule is [NH4+].[OH-].[OH-].[OH-].[OH-].[OH-].[Sn+4]. The Hall–Kier alpha value is 0.559. The van der Waals surface area contributed by atoms with E-state index in [2.05, 4.69) is 0 Å². The van der Waals surface area contributed by atoms with E-state index in [1.165, 1.54) is 0 Å². The van der Waals surface area contributed by atoms with Gasteiger partial charge in [-0.3, -0.25) is 0 Å². The van der Waals surface area contributed by atoms with Gasteiger partial charge in [-0.2, -0.15) is 0 Å². The summed E-state index contributed by atoms with van der Waals surface area (Å²) >= 11 is 0. The van der Waals surface area contributed by atoms with E-state index in [0.717, 1.165) is 0 Å². The molecule has 0 fully saturated rings. The van der Waals surface area contributed by atoms with Crippen LogP contribution in [0.15, 0.2) is 0 Å². The summed E-state index contributed by atoms with van der Waals surface area (Å²) in [4.78, 5) is 0. The standard InChI is InChI=1S/H3N.5H2O.Sn/h1H3;5*1H2;/q;;;;;;+4/p-4. The molecule has 0 aliphatic heterocycles. The van der Waals surface area contributed by atoms with Gasteiger partial charge in [-0.25, -0.2) is 0 Å². The zero-order chi connectivity index (χ0) is 0. The summed E-state index contributed by atoms with van der Waals surface area (Å²) < 4.78 is 0. The van der Waals surface area contributed by atoms with Crippen molar-refractivity contribution < 1.29 is 27.4 Å². The molecule has 0 aliphatic carbocycles. The van der Waals surface area contributed by atoms with Gasteiger partial charge in [0, 0.05) is 0 Å². The third kappa shape index (κ3) is 437. The van der Waals surface area contributed by atoms with E-state index in [1.54, 1.807) is 0 Å². The van der Waals surface area contributed by atoms with Gasteiger partial charge in [0.1, 0.15) is 0 Å². The summed E-state index contributed by atoms with van der Waals surface area (Å²) in [6.07, 6.45) is 0. The molecule has 0 unspecified atom stereocenters.